The Labute approximate surface area is 173 Å². The molecule has 1 saturated heterocycles. The molecular formula is C21H23N3O6. The van der Waals surface area contributed by atoms with Crippen LogP contribution in [0.1, 0.15) is 29.8 Å². The zero-order valence-corrected chi connectivity index (χ0v) is 17.1. The molecule has 1 atom stereocenters. The Hall–Kier alpha value is -3.75. The molecule has 0 saturated carbocycles. The maximum absolute atomic E-state index is 13.0. The van der Waals surface area contributed by atoms with Crippen molar-refractivity contribution in [1.82, 2.24) is 15.8 Å². The topological polar surface area (TPSA) is 106 Å². The minimum absolute atomic E-state index is 0.203. The predicted octanol–water partition coefficient (Wildman–Crippen LogP) is 2.21. The third-order valence-corrected chi connectivity index (χ3v) is 4.80. The van der Waals surface area contributed by atoms with E-state index in [1.54, 1.807) is 37.3 Å². The minimum Gasteiger partial charge on any atom is -0.497 e. The number of hydrogen-bond acceptors (Lipinski definition) is 6. The summed E-state index contributed by atoms with van der Waals surface area (Å²) in [5.41, 5.74) is 1.79. The Morgan fingerprint density at radius 2 is 1.77 bits per heavy atom. The number of carbonyl (C=O) groups excluding carboxylic acids is 3. The monoisotopic (exact) mass is 413 g/mol. The number of hydrazine groups is 1. The third-order valence-electron chi connectivity index (χ3n) is 4.80. The van der Waals surface area contributed by atoms with Crippen LogP contribution in [-0.4, -0.2) is 43.7 Å². The molecule has 1 heterocycles. The Morgan fingerprint density at radius 3 is 2.37 bits per heavy atom. The number of carbonyl (C=O) groups is 3. The van der Waals surface area contributed by atoms with E-state index in [2.05, 4.69) is 10.7 Å². The fourth-order valence-corrected chi connectivity index (χ4v) is 3.11. The van der Waals surface area contributed by atoms with E-state index in [1.807, 2.05) is 6.92 Å². The molecular weight excluding hydrogens is 390 g/mol. The van der Waals surface area contributed by atoms with Crippen LogP contribution in [0.15, 0.2) is 42.5 Å². The molecule has 1 aliphatic heterocycles. The highest BCUT2D eigenvalue weighted by Gasteiger charge is 2.50. The highest BCUT2D eigenvalue weighted by Crippen LogP contribution is 2.30. The molecule has 2 aromatic carbocycles. The Bertz CT molecular complexity index is 975. The number of imide groups is 1. The van der Waals surface area contributed by atoms with Crippen molar-refractivity contribution in [2.75, 3.05) is 20.8 Å². The number of ether oxygens (including phenoxy) is 3. The molecule has 1 aliphatic rings. The lowest BCUT2D eigenvalue weighted by Gasteiger charge is -2.22. The van der Waals surface area contributed by atoms with Gasteiger partial charge in [-0.25, -0.2) is 4.79 Å². The van der Waals surface area contributed by atoms with Gasteiger partial charge in [0, 0.05) is 5.56 Å². The molecule has 0 aromatic heterocycles. The molecule has 2 aromatic rings. The van der Waals surface area contributed by atoms with E-state index in [0.717, 1.165) is 0 Å². The van der Waals surface area contributed by atoms with Crippen LogP contribution in [0, 0.1) is 0 Å². The van der Waals surface area contributed by atoms with Gasteiger partial charge in [-0.2, -0.15) is 5.01 Å². The lowest BCUT2D eigenvalue weighted by Crippen LogP contribution is -2.47. The first-order chi connectivity index (χ1) is 14.3. The first-order valence-corrected chi connectivity index (χ1v) is 9.27. The summed E-state index contributed by atoms with van der Waals surface area (Å²) in [4.78, 5) is 38.1. The number of urea groups is 1. The first-order valence-electron chi connectivity index (χ1n) is 9.27. The summed E-state index contributed by atoms with van der Waals surface area (Å²) in [5, 5.41) is 3.30. The van der Waals surface area contributed by atoms with Crippen molar-refractivity contribution < 1.29 is 28.6 Å². The lowest BCUT2D eigenvalue weighted by molar-refractivity contribution is -0.132. The van der Waals surface area contributed by atoms with Crippen LogP contribution in [0.25, 0.3) is 0 Å². The largest absolute Gasteiger partial charge is 0.497 e. The summed E-state index contributed by atoms with van der Waals surface area (Å²) >= 11 is 0. The van der Waals surface area contributed by atoms with Crippen molar-refractivity contribution in [3.05, 3.63) is 53.6 Å². The van der Waals surface area contributed by atoms with Crippen LogP contribution in [0.3, 0.4) is 0 Å². The van der Waals surface area contributed by atoms with E-state index in [1.165, 1.54) is 26.4 Å². The van der Waals surface area contributed by atoms with Crippen molar-refractivity contribution in [1.29, 1.82) is 0 Å². The van der Waals surface area contributed by atoms with E-state index in [0.29, 0.717) is 34.4 Å². The first kappa shape index (κ1) is 21.0. The molecule has 0 radical (unpaired) electrons. The van der Waals surface area contributed by atoms with E-state index in [4.69, 9.17) is 14.2 Å². The lowest BCUT2D eigenvalue weighted by atomic mass is 9.92. The van der Waals surface area contributed by atoms with Gasteiger partial charge in [0.15, 0.2) is 11.5 Å². The highest BCUT2D eigenvalue weighted by atomic mass is 16.5. The zero-order valence-electron chi connectivity index (χ0n) is 17.1. The molecule has 158 valence electrons. The Morgan fingerprint density at radius 1 is 1.07 bits per heavy atom. The molecule has 0 unspecified atom stereocenters. The molecule has 0 aliphatic carbocycles. The van der Waals surface area contributed by atoms with Gasteiger partial charge in [-0.15, -0.1) is 0 Å². The fraction of sp³-hybridized carbons (Fsp3) is 0.286. The second-order valence-corrected chi connectivity index (χ2v) is 6.66. The van der Waals surface area contributed by atoms with Gasteiger partial charge in [-0.1, -0.05) is 12.1 Å². The van der Waals surface area contributed by atoms with Crippen LogP contribution in [0.5, 0.6) is 17.2 Å². The van der Waals surface area contributed by atoms with Gasteiger partial charge in [-0.3, -0.25) is 15.0 Å². The van der Waals surface area contributed by atoms with Crippen molar-refractivity contribution in [3.63, 3.8) is 0 Å². The molecule has 0 spiro atoms. The smallest absolute Gasteiger partial charge is 0.344 e. The molecule has 4 amide bonds. The maximum Gasteiger partial charge on any atom is 0.344 e. The number of nitrogens with zero attached hydrogens (tertiary/aromatic N) is 1. The number of amides is 4. The van der Waals surface area contributed by atoms with Gasteiger partial charge in [0.25, 0.3) is 11.8 Å². The number of hydrogen-bond donors (Lipinski definition) is 2. The maximum atomic E-state index is 13.0. The minimum atomic E-state index is -1.33. The van der Waals surface area contributed by atoms with Gasteiger partial charge >= 0.3 is 6.03 Å². The molecule has 1 fully saturated rings. The quantitative estimate of drug-likeness (QED) is 0.674. The summed E-state index contributed by atoms with van der Waals surface area (Å²) in [6.07, 6.45) is 0. The SMILES string of the molecule is CCOc1ccc(C(=O)NN2C(=O)N[C@@](C)(c3ccc(OC)cc3)C2=O)cc1OC. The summed E-state index contributed by atoms with van der Waals surface area (Å²) < 4.78 is 15.8. The Balaban J connectivity index is 1.80. The van der Waals surface area contributed by atoms with Gasteiger partial charge in [-0.05, 0) is 49.7 Å². The van der Waals surface area contributed by atoms with E-state index >= 15 is 0 Å². The van der Waals surface area contributed by atoms with Crippen molar-refractivity contribution in [3.8, 4) is 17.2 Å². The molecule has 2 N–H and O–H groups in total. The van der Waals surface area contributed by atoms with Crippen molar-refractivity contribution in [2.45, 2.75) is 19.4 Å². The summed E-state index contributed by atoms with van der Waals surface area (Å²) in [7, 11) is 2.99. The number of nitrogens with one attached hydrogen (secondary N) is 2. The molecule has 9 heteroatoms. The van der Waals surface area contributed by atoms with Crippen molar-refractivity contribution >= 4 is 17.8 Å². The van der Waals surface area contributed by atoms with Crippen molar-refractivity contribution in [2.24, 2.45) is 0 Å². The Kier molecular flexibility index (Phi) is 5.81. The van der Waals surface area contributed by atoms with Crippen LogP contribution < -0.4 is 25.0 Å². The highest BCUT2D eigenvalue weighted by molar-refractivity contribution is 6.09. The van der Waals surface area contributed by atoms with Gasteiger partial charge in [0.05, 0.1) is 20.8 Å². The second-order valence-electron chi connectivity index (χ2n) is 6.66. The van der Waals surface area contributed by atoms with Gasteiger partial charge in [0.1, 0.15) is 11.3 Å². The summed E-state index contributed by atoms with van der Waals surface area (Å²) in [6.45, 7) is 3.84. The van der Waals surface area contributed by atoms with E-state index in [-0.39, 0.29) is 5.56 Å². The number of benzene rings is 2. The second kappa shape index (κ2) is 8.32. The molecule has 30 heavy (non-hydrogen) atoms. The van der Waals surface area contributed by atoms with Crippen LogP contribution in [0.2, 0.25) is 0 Å². The van der Waals surface area contributed by atoms with Gasteiger partial charge in [0.2, 0.25) is 0 Å². The van der Waals surface area contributed by atoms with E-state index < -0.39 is 23.4 Å². The summed E-state index contributed by atoms with van der Waals surface area (Å²) in [5.74, 6) is 0.222. The predicted molar refractivity (Wildman–Crippen MR) is 107 cm³/mol. The zero-order chi connectivity index (χ0) is 21.9. The molecule has 0 bridgehead atoms. The van der Waals surface area contributed by atoms with Crippen LogP contribution in [0.4, 0.5) is 4.79 Å². The molecule has 9 nitrogen and oxygen atoms in total. The van der Waals surface area contributed by atoms with E-state index in [9.17, 15) is 14.4 Å². The number of rotatable bonds is 7. The van der Waals surface area contributed by atoms with Crippen LogP contribution in [-0.2, 0) is 10.3 Å². The standard InChI is InChI=1S/C21H23N3O6/c1-5-30-16-11-6-13(12-17(16)29-4)18(25)23-24-19(26)21(2,22-20(24)27)14-7-9-15(28-3)10-8-14/h6-12H,5H2,1-4H3,(H,22,27)(H,23,25)/t21-/m0/s1. The molecule has 3 rings (SSSR count). The summed E-state index contributed by atoms with van der Waals surface area (Å²) in [6, 6.07) is 10.6. The third kappa shape index (κ3) is 3.73. The van der Waals surface area contributed by atoms with Gasteiger partial charge < -0.3 is 19.5 Å². The normalized spacial score (nSPS) is 18.1. The number of methoxy groups -OCH3 is 2. The average molecular weight is 413 g/mol. The van der Waals surface area contributed by atoms with Crippen LogP contribution >= 0.6 is 0 Å². The average Bonchev–Trinajstić information content (AvgIpc) is 2.98. The fourth-order valence-electron chi connectivity index (χ4n) is 3.11.